The van der Waals surface area contributed by atoms with Crippen molar-refractivity contribution in [2.75, 3.05) is 6.54 Å². The standard InChI is InChI=1S/C4H7NS2/c6-3-1-2-5-4(3)7/h3,6H,1-2H2,(H,5,7)/t3-/m0/s1. The van der Waals surface area contributed by atoms with Gasteiger partial charge < -0.3 is 5.32 Å². The predicted molar refractivity (Wildman–Crippen MR) is 38.0 cm³/mol. The molecule has 0 aromatic rings. The average molecular weight is 133 g/mol. The average Bonchev–Trinajstić information content (AvgIpc) is 1.91. The Labute approximate surface area is 53.9 Å². The zero-order valence-corrected chi connectivity index (χ0v) is 5.56. The maximum Gasteiger partial charge on any atom is 0.0883 e. The molecule has 1 fully saturated rings. The molecule has 3 heteroatoms. The molecule has 0 amide bonds. The highest BCUT2D eigenvalue weighted by atomic mass is 32.1. The lowest BCUT2D eigenvalue weighted by atomic mass is 10.4. The lowest BCUT2D eigenvalue weighted by Gasteiger charge is -1.94. The summed E-state index contributed by atoms with van der Waals surface area (Å²) in [7, 11) is 0. The summed E-state index contributed by atoms with van der Waals surface area (Å²) in [6.45, 7) is 1.01. The van der Waals surface area contributed by atoms with Gasteiger partial charge in [0.1, 0.15) is 0 Å². The number of thiocarbonyl (C=S) groups is 1. The van der Waals surface area contributed by atoms with Crippen LogP contribution in [-0.4, -0.2) is 16.8 Å². The van der Waals surface area contributed by atoms with Gasteiger partial charge in [-0.3, -0.25) is 0 Å². The van der Waals surface area contributed by atoms with Gasteiger partial charge in [0, 0.05) is 6.54 Å². The van der Waals surface area contributed by atoms with E-state index >= 15 is 0 Å². The van der Waals surface area contributed by atoms with E-state index < -0.39 is 0 Å². The van der Waals surface area contributed by atoms with Gasteiger partial charge >= 0.3 is 0 Å². The predicted octanol–water partition coefficient (Wildman–Crippen LogP) is 0.605. The molecule has 1 nitrogen and oxygen atoms in total. The number of hydrogen-bond donors (Lipinski definition) is 2. The molecule has 40 valence electrons. The van der Waals surface area contributed by atoms with Gasteiger partial charge in [0.2, 0.25) is 0 Å². The molecule has 0 bridgehead atoms. The summed E-state index contributed by atoms with van der Waals surface area (Å²) in [6.07, 6.45) is 1.09. The third-order valence-electron chi connectivity index (χ3n) is 1.02. The van der Waals surface area contributed by atoms with Crippen LogP contribution in [0.5, 0.6) is 0 Å². The second kappa shape index (κ2) is 2.01. The van der Waals surface area contributed by atoms with Gasteiger partial charge in [-0.2, -0.15) is 12.6 Å². The molecule has 7 heavy (non-hydrogen) atoms. The summed E-state index contributed by atoms with van der Waals surface area (Å²) >= 11 is 9.04. The monoisotopic (exact) mass is 133 g/mol. The van der Waals surface area contributed by atoms with E-state index in [0.717, 1.165) is 18.0 Å². The fourth-order valence-corrected chi connectivity index (χ4v) is 1.02. The lowest BCUT2D eigenvalue weighted by Crippen LogP contribution is -2.16. The first-order valence-electron chi connectivity index (χ1n) is 2.26. The summed E-state index contributed by atoms with van der Waals surface area (Å²) in [4.78, 5) is 0.906. The van der Waals surface area contributed by atoms with Crippen LogP contribution >= 0.6 is 24.8 Å². The topological polar surface area (TPSA) is 12.0 Å². The normalized spacial score (nSPS) is 30.4. The lowest BCUT2D eigenvalue weighted by molar-refractivity contribution is 0.921. The first kappa shape index (κ1) is 5.38. The fourth-order valence-electron chi connectivity index (χ4n) is 0.581. The van der Waals surface area contributed by atoms with Gasteiger partial charge in [0.15, 0.2) is 0 Å². The second-order valence-electron chi connectivity index (χ2n) is 1.60. The summed E-state index contributed by atoms with van der Waals surface area (Å²) in [5.41, 5.74) is 0. The summed E-state index contributed by atoms with van der Waals surface area (Å²) in [5, 5.41) is 3.35. The quantitative estimate of drug-likeness (QED) is 0.371. The van der Waals surface area contributed by atoms with E-state index in [0.29, 0.717) is 5.25 Å². The van der Waals surface area contributed by atoms with E-state index in [4.69, 9.17) is 12.2 Å². The molecule has 0 aliphatic carbocycles. The van der Waals surface area contributed by atoms with Gasteiger partial charge in [-0.1, -0.05) is 12.2 Å². The molecule has 1 N–H and O–H groups in total. The third-order valence-corrected chi connectivity index (χ3v) is 2.14. The van der Waals surface area contributed by atoms with Crippen molar-refractivity contribution in [3.8, 4) is 0 Å². The van der Waals surface area contributed by atoms with Crippen LogP contribution in [0.3, 0.4) is 0 Å². The van der Waals surface area contributed by atoms with Gasteiger partial charge in [-0.15, -0.1) is 0 Å². The van der Waals surface area contributed by atoms with Crippen molar-refractivity contribution >= 4 is 29.8 Å². The molecule has 1 heterocycles. The maximum absolute atomic E-state index is 4.85. The van der Waals surface area contributed by atoms with Gasteiger partial charge in [0.25, 0.3) is 0 Å². The first-order chi connectivity index (χ1) is 3.30. The molecule has 0 saturated carbocycles. The molecule has 0 aromatic carbocycles. The minimum absolute atomic E-state index is 0.329. The van der Waals surface area contributed by atoms with E-state index in [2.05, 4.69) is 17.9 Å². The Hall–Kier alpha value is 0.240. The largest absolute Gasteiger partial charge is 0.379 e. The molecule has 1 rings (SSSR count). The van der Waals surface area contributed by atoms with E-state index in [1.165, 1.54) is 0 Å². The van der Waals surface area contributed by atoms with Gasteiger partial charge in [-0.25, -0.2) is 0 Å². The Morgan fingerprint density at radius 3 is 2.71 bits per heavy atom. The second-order valence-corrected chi connectivity index (χ2v) is 2.66. The zero-order valence-electron chi connectivity index (χ0n) is 3.85. The number of thiol groups is 1. The summed E-state index contributed by atoms with van der Waals surface area (Å²) < 4.78 is 0. The van der Waals surface area contributed by atoms with E-state index in [-0.39, 0.29) is 0 Å². The molecule has 0 aromatic heterocycles. The highest BCUT2D eigenvalue weighted by molar-refractivity contribution is 7.86. The van der Waals surface area contributed by atoms with Crippen LogP contribution in [0.25, 0.3) is 0 Å². The minimum Gasteiger partial charge on any atom is -0.379 e. The maximum atomic E-state index is 4.85. The molecule has 0 unspecified atom stereocenters. The van der Waals surface area contributed by atoms with Crippen molar-refractivity contribution in [1.82, 2.24) is 5.32 Å². The molecule has 1 atom stereocenters. The van der Waals surface area contributed by atoms with Crippen molar-refractivity contribution in [3.05, 3.63) is 0 Å². The number of rotatable bonds is 0. The van der Waals surface area contributed by atoms with Crippen LogP contribution in [0, 0.1) is 0 Å². The molecule has 0 radical (unpaired) electrons. The van der Waals surface area contributed by atoms with Crippen molar-refractivity contribution in [1.29, 1.82) is 0 Å². The smallest absolute Gasteiger partial charge is 0.0883 e. The van der Waals surface area contributed by atoms with E-state index in [9.17, 15) is 0 Å². The summed E-state index contributed by atoms with van der Waals surface area (Å²) in [6, 6.07) is 0. The SMILES string of the molecule is S=C1NCC[C@@H]1S. The van der Waals surface area contributed by atoms with Crippen LogP contribution in [0.15, 0.2) is 0 Å². The Balaban J connectivity index is 2.48. The minimum atomic E-state index is 0.329. The van der Waals surface area contributed by atoms with Gasteiger partial charge in [-0.05, 0) is 6.42 Å². The molecule has 1 aliphatic rings. The third kappa shape index (κ3) is 1.07. The van der Waals surface area contributed by atoms with Crippen LogP contribution in [0.4, 0.5) is 0 Å². The number of hydrogen-bond acceptors (Lipinski definition) is 2. The molecule has 1 aliphatic heterocycles. The van der Waals surface area contributed by atoms with Gasteiger partial charge in [0.05, 0.1) is 10.2 Å². The molecule has 0 spiro atoms. The molecular formula is C4H7NS2. The van der Waals surface area contributed by atoms with Crippen LogP contribution in [0.1, 0.15) is 6.42 Å². The fraction of sp³-hybridized carbons (Fsp3) is 0.750. The van der Waals surface area contributed by atoms with Crippen LogP contribution in [0.2, 0.25) is 0 Å². The van der Waals surface area contributed by atoms with Crippen LogP contribution in [-0.2, 0) is 0 Å². The Bertz CT molecular complexity index is 91.7. The zero-order chi connectivity index (χ0) is 5.28. The summed E-state index contributed by atoms with van der Waals surface area (Å²) in [5.74, 6) is 0. The Morgan fingerprint density at radius 2 is 2.57 bits per heavy atom. The Kier molecular flexibility index (Phi) is 1.54. The number of nitrogens with one attached hydrogen (secondary N) is 1. The molecular weight excluding hydrogens is 126 g/mol. The van der Waals surface area contributed by atoms with E-state index in [1.54, 1.807) is 0 Å². The van der Waals surface area contributed by atoms with Crippen molar-refractivity contribution < 1.29 is 0 Å². The highest BCUT2D eigenvalue weighted by Crippen LogP contribution is 2.07. The first-order valence-corrected chi connectivity index (χ1v) is 3.19. The van der Waals surface area contributed by atoms with Crippen molar-refractivity contribution in [2.24, 2.45) is 0 Å². The van der Waals surface area contributed by atoms with E-state index in [1.807, 2.05) is 0 Å². The highest BCUT2D eigenvalue weighted by Gasteiger charge is 2.14. The van der Waals surface area contributed by atoms with Crippen molar-refractivity contribution in [2.45, 2.75) is 11.7 Å². The Morgan fingerprint density at radius 1 is 1.86 bits per heavy atom. The van der Waals surface area contributed by atoms with Crippen molar-refractivity contribution in [3.63, 3.8) is 0 Å². The van der Waals surface area contributed by atoms with Crippen LogP contribution < -0.4 is 5.32 Å². The molecule has 1 saturated heterocycles.